The van der Waals surface area contributed by atoms with E-state index >= 15 is 0 Å². The first-order chi connectivity index (χ1) is 12.7. The molecule has 0 saturated carbocycles. The quantitative estimate of drug-likeness (QED) is 0.589. The molecular formula is C19H16N4O3. The minimum atomic E-state index is -0.427. The molecule has 3 heterocycles. The van der Waals surface area contributed by atoms with Gasteiger partial charge in [-0.1, -0.05) is 6.07 Å². The molecule has 0 unspecified atom stereocenters. The maximum atomic E-state index is 12.7. The van der Waals surface area contributed by atoms with Crippen molar-refractivity contribution in [1.29, 1.82) is 0 Å². The van der Waals surface area contributed by atoms with Crippen LogP contribution in [-0.4, -0.2) is 26.6 Å². The first kappa shape index (κ1) is 16.0. The Hall–Kier alpha value is -3.45. The number of rotatable bonds is 4. The topological polar surface area (TPSA) is 88.8 Å². The van der Waals surface area contributed by atoms with Gasteiger partial charge in [-0.25, -0.2) is 4.98 Å². The summed E-state index contributed by atoms with van der Waals surface area (Å²) in [6, 6.07) is 12.9. The average Bonchev–Trinajstić information content (AvgIpc) is 2.68. The Morgan fingerprint density at radius 2 is 2.12 bits per heavy atom. The van der Waals surface area contributed by atoms with Gasteiger partial charge in [-0.3, -0.25) is 14.2 Å². The third-order valence-corrected chi connectivity index (χ3v) is 4.16. The van der Waals surface area contributed by atoms with Gasteiger partial charge in [0.05, 0.1) is 24.8 Å². The van der Waals surface area contributed by atoms with E-state index in [-0.39, 0.29) is 11.1 Å². The SMILES string of the molecule is COc1cccn2c(=O)c(CO)c(Nc3ccc4ncccc4c3)nc12. The standard InChI is InChI=1S/C19H16N4O3/c1-26-16-5-3-9-23-18(16)22-17(14(11-24)19(23)25)21-13-6-7-15-12(10-13)4-2-8-20-15/h2-10,21,24H,11H2,1H3. The molecule has 7 heteroatoms. The van der Waals surface area contributed by atoms with Crippen LogP contribution in [0.3, 0.4) is 0 Å². The van der Waals surface area contributed by atoms with E-state index in [1.165, 1.54) is 11.5 Å². The van der Waals surface area contributed by atoms with Crippen molar-refractivity contribution in [3.8, 4) is 5.75 Å². The predicted molar refractivity (Wildman–Crippen MR) is 99.0 cm³/mol. The molecule has 0 atom stereocenters. The van der Waals surface area contributed by atoms with Crippen LogP contribution >= 0.6 is 0 Å². The van der Waals surface area contributed by atoms with Crippen LogP contribution < -0.4 is 15.6 Å². The Labute approximate surface area is 148 Å². The zero-order valence-corrected chi connectivity index (χ0v) is 14.0. The monoisotopic (exact) mass is 348 g/mol. The molecule has 4 aromatic rings. The van der Waals surface area contributed by atoms with Crippen molar-refractivity contribution in [1.82, 2.24) is 14.4 Å². The van der Waals surface area contributed by atoms with Crippen LogP contribution in [-0.2, 0) is 6.61 Å². The lowest BCUT2D eigenvalue weighted by Gasteiger charge is -2.13. The number of pyridine rings is 2. The summed E-state index contributed by atoms with van der Waals surface area (Å²) in [7, 11) is 1.52. The molecule has 0 aliphatic carbocycles. The van der Waals surface area contributed by atoms with Crippen LogP contribution in [0.5, 0.6) is 5.75 Å². The van der Waals surface area contributed by atoms with Gasteiger partial charge in [-0.05, 0) is 36.4 Å². The van der Waals surface area contributed by atoms with Gasteiger partial charge in [-0.2, -0.15) is 0 Å². The number of benzene rings is 1. The zero-order valence-electron chi connectivity index (χ0n) is 14.0. The first-order valence-corrected chi connectivity index (χ1v) is 8.02. The molecule has 0 fully saturated rings. The van der Waals surface area contributed by atoms with Crippen LogP contribution in [0.15, 0.2) is 59.7 Å². The summed E-state index contributed by atoms with van der Waals surface area (Å²) in [6.07, 6.45) is 3.33. The molecule has 130 valence electrons. The van der Waals surface area contributed by atoms with Crippen LogP contribution in [0.1, 0.15) is 5.56 Å². The molecule has 26 heavy (non-hydrogen) atoms. The van der Waals surface area contributed by atoms with E-state index in [9.17, 15) is 9.90 Å². The maximum Gasteiger partial charge on any atom is 0.265 e. The number of ether oxygens (including phenoxy) is 1. The van der Waals surface area contributed by atoms with Gasteiger partial charge in [0.15, 0.2) is 11.4 Å². The van der Waals surface area contributed by atoms with Crippen molar-refractivity contribution < 1.29 is 9.84 Å². The average molecular weight is 348 g/mol. The number of methoxy groups -OCH3 is 1. The number of aromatic nitrogens is 3. The number of anilines is 2. The molecule has 0 aliphatic heterocycles. The molecule has 0 aliphatic rings. The summed E-state index contributed by atoms with van der Waals surface area (Å²) in [6.45, 7) is -0.427. The summed E-state index contributed by atoms with van der Waals surface area (Å²) in [5, 5.41) is 13.8. The molecular weight excluding hydrogens is 332 g/mol. The number of nitrogens with one attached hydrogen (secondary N) is 1. The van der Waals surface area contributed by atoms with Gasteiger partial charge in [0.2, 0.25) is 0 Å². The molecule has 0 radical (unpaired) electrons. The van der Waals surface area contributed by atoms with Crippen LogP contribution in [0.4, 0.5) is 11.5 Å². The van der Waals surface area contributed by atoms with Crippen LogP contribution in [0, 0.1) is 0 Å². The lowest BCUT2D eigenvalue weighted by molar-refractivity contribution is 0.280. The minimum Gasteiger partial charge on any atom is -0.493 e. The van der Waals surface area contributed by atoms with Gasteiger partial charge >= 0.3 is 0 Å². The van der Waals surface area contributed by atoms with Crippen molar-refractivity contribution >= 4 is 28.1 Å². The summed E-state index contributed by atoms with van der Waals surface area (Å²) in [4.78, 5) is 21.5. The van der Waals surface area contributed by atoms with Crippen molar-refractivity contribution in [3.63, 3.8) is 0 Å². The normalized spacial score (nSPS) is 11.0. The fourth-order valence-electron chi connectivity index (χ4n) is 2.87. The minimum absolute atomic E-state index is 0.182. The van der Waals surface area contributed by atoms with E-state index in [0.29, 0.717) is 17.2 Å². The Bertz CT molecular complexity index is 1170. The third kappa shape index (κ3) is 2.64. The second kappa shape index (κ2) is 6.45. The van der Waals surface area contributed by atoms with Crippen molar-refractivity contribution in [2.45, 2.75) is 6.61 Å². The van der Waals surface area contributed by atoms with E-state index < -0.39 is 6.61 Å². The second-order valence-electron chi connectivity index (χ2n) is 5.71. The van der Waals surface area contributed by atoms with E-state index in [2.05, 4.69) is 15.3 Å². The van der Waals surface area contributed by atoms with Crippen LogP contribution in [0.25, 0.3) is 16.6 Å². The molecule has 0 saturated heterocycles. The van der Waals surface area contributed by atoms with Crippen molar-refractivity contribution in [2.24, 2.45) is 0 Å². The Kier molecular flexibility index (Phi) is 3.98. The molecule has 0 bridgehead atoms. The Balaban J connectivity index is 1.87. The van der Waals surface area contributed by atoms with E-state index in [4.69, 9.17) is 4.74 Å². The van der Waals surface area contributed by atoms with E-state index in [0.717, 1.165) is 16.6 Å². The highest BCUT2D eigenvalue weighted by Crippen LogP contribution is 2.24. The van der Waals surface area contributed by atoms with Gasteiger partial charge in [-0.15, -0.1) is 0 Å². The van der Waals surface area contributed by atoms with E-state index in [1.54, 1.807) is 24.5 Å². The van der Waals surface area contributed by atoms with Crippen molar-refractivity contribution in [3.05, 3.63) is 70.8 Å². The molecule has 0 amide bonds. The smallest absolute Gasteiger partial charge is 0.265 e. The second-order valence-corrected chi connectivity index (χ2v) is 5.71. The lowest BCUT2D eigenvalue weighted by Crippen LogP contribution is -2.22. The zero-order chi connectivity index (χ0) is 18.1. The molecule has 2 N–H and O–H groups in total. The molecule has 7 nitrogen and oxygen atoms in total. The Morgan fingerprint density at radius 1 is 1.23 bits per heavy atom. The number of aliphatic hydroxyl groups is 1. The van der Waals surface area contributed by atoms with Gasteiger partial charge in [0.25, 0.3) is 5.56 Å². The summed E-state index contributed by atoms with van der Waals surface area (Å²) in [5.74, 6) is 0.769. The van der Waals surface area contributed by atoms with Gasteiger partial charge in [0.1, 0.15) is 5.82 Å². The predicted octanol–water partition coefficient (Wildman–Crippen LogP) is 2.49. The number of nitrogens with zero attached hydrogens (tertiary/aromatic N) is 3. The molecule has 4 rings (SSSR count). The molecule has 0 spiro atoms. The number of aliphatic hydroxyl groups excluding tert-OH is 1. The highest BCUT2D eigenvalue weighted by atomic mass is 16.5. The fourth-order valence-corrected chi connectivity index (χ4v) is 2.87. The van der Waals surface area contributed by atoms with Crippen LogP contribution in [0.2, 0.25) is 0 Å². The molecule has 3 aromatic heterocycles. The Morgan fingerprint density at radius 3 is 2.92 bits per heavy atom. The fraction of sp³-hybridized carbons (Fsp3) is 0.105. The number of hydrogen-bond acceptors (Lipinski definition) is 6. The highest BCUT2D eigenvalue weighted by Gasteiger charge is 2.15. The van der Waals surface area contributed by atoms with Gasteiger partial charge in [0, 0.05) is 23.5 Å². The lowest BCUT2D eigenvalue weighted by atomic mass is 10.2. The third-order valence-electron chi connectivity index (χ3n) is 4.16. The highest BCUT2D eigenvalue weighted by molar-refractivity contribution is 5.83. The summed E-state index contributed by atoms with van der Waals surface area (Å²) < 4.78 is 6.66. The number of fused-ring (bicyclic) bond motifs is 2. The van der Waals surface area contributed by atoms with Crippen molar-refractivity contribution in [2.75, 3.05) is 12.4 Å². The summed E-state index contributed by atoms with van der Waals surface area (Å²) in [5.41, 5.74) is 1.82. The first-order valence-electron chi connectivity index (χ1n) is 8.02. The largest absolute Gasteiger partial charge is 0.493 e. The summed E-state index contributed by atoms with van der Waals surface area (Å²) >= 11 is 0. The maximum absolute atomic E-state index is 12.7. The number of hydrogen-bond donors (Lipinski definition) is 2. The van der Waals surface area contributed by atoms with E-state index in [1.807, 2.05) is 30.3 Å². The van der Waals surface area contributed by atoms with Gasteiger partial charge < -0.3 is 15.2 Å². The molecule has 1 aromatic carbocycles.